The lowest BCUT2D eigenvalue weighted by Gasteiger charge is -2.10. The van der Waals surface area contributed by atoms with E-state index in [1.165, 1.54) is 0 Å². The van der Waals surface area contributed by atoms with Gasteiger partial charge in [-0.25, -0.2) is 4.52 Å². The number of hydrogen-bond donors (Lipinski definition) is 1. The fourth-order valence-corrected chi connectivity index (χ4v) is 3.16. The molecular weight excluding hydrogens is 328 g/mol. The number of aryl methyl sites for hydroxylation is 2. The molecule has 0 fully saturated rings. The van der Waals surface area contributed by atoms with E-state index in [4.69, 9.17) is 0 Å². The molecule has 1 N–H and O–H groups in total. The van der Waals surface area contributed by atoms with Crippen LogP contribution in [0.5, 0.6) is 0 Å². The summed E-state index contributed by atoms with van der Waals surface area (Å²) in [5.41, 5.74) is 4.51. The Morgan fingerprint density at radius 1 is 1.08 bits per heavy atom. The van der Waals surface area contributed by atoms with Crippen molar-refractivity contribution in [2.24, 2.45) is 7.05 Å². The lowest BCUT2D eigenvalue weighted by molar-refractivity contribution is 0.0951. The van der Waals surface area contributed by atoms with Crippen molar-refractivity contribution in [2.75, 3.05) is 0 Å². The minimum atomic E-state index is -0.179. The summed E-state index contributed by atoms with van der Waals surface area (Å²) >= 11 is 0. The zero-order valence-electron chi connectivity index (χ0n) is 14.6. The average molecular weight is 346 g/mol. The Kier molecular flexibility index (Phi) is 3.80. The third-order valence-electron chi connectivity index (χ3n) is 4.53. The number of amides is 1. The molecule has 4 aromatic rings. The van der Waals surface area contributed by atoms with E-state index in [0.29, 0.717) is 23.1 Å². The van der Waals surface area contributed by atoms with Crippen molar-refractivity contribution >= 4 is 22.5 Å². The molecule has 6 heteroatoms. The molecule has 26 heavy (non-hydrogen) atoms. The van der Waals surface area contributed by atoms with E-state index < -0.39 is 0 Å². The van der Waals surface area contributed by atoms with Gasteiger partial charge in [0.15, 0.2) is 0 Å². The molecular formula is C20H18N4O2. The Bertz CT molecular complexity index is 1200. The highest BCUT2D eigenvalue weighted by Gasteiger charge is 2.12. The van der Waals surface area contributed by atoms with Crippen LogP contribution in [0.2, 0.25) is 0 Å². The minimum Gasteiger partial charge on any atom is -0.348 e. The minimum absolute atomic E-state index is 0.146. The third-order valence-corrected chi connectivity index (χ3v) is 4.53. The second-order valence-electron chi connectivity index (χ2n) is 6.37. The molecule has 0 saturated heterocycles. The molecule has 130 valence electrons. The molecule has 0 spiro atoms. The summed E-state index contributed by atoms with van der Waals surface area (Å²) in [6, 6.07) is 15.0. The van der Waals surface area contributed by atoms with Crippen LogP contribution in [0.4, 0.5) is 0 Å². The van der Waals surface area contributed by atoms with Crippen LogP contribution >= 0.6 is 0 Å². The van der Waals surface area contributed by atoms with E-state index in [1.807, 2.05) is 37.3 Å². The van der Waals surface area contributed by atoms with Crippen molar-refractivity contribution < 1.29 is 4.79 Å². The van der Waals surface area contributed by atoms with Crippen molar-refractivity contribution in [3.05, 3.63) is 81.8 Å². The highest BCUT2D eigenvalue weighted by molar-refractivity contribution is 5.97. The predicted octanol–water partition coefficient (Wildman–Crippen LogP) is 2.42. The highest BCUT2D eigenvalue weighted by atomic mass is 16.1. The van der Waals surface area contributed by atoms with Crippen molar-refractivity contribution in [2.45, 2.75) is 13.5 Å². The summed E-state index contributed by atoms with van der Waals surface area (Å²) in [4.78, 5) is 25.0. The Balaban J connectivity index is 1.68. The number of carbonyl (C=O) groups excluding carboxylic acids is 1. The Morgan fingerprint density at radius 3 is 2.73 bits per heavy atom. The van der Waals surface area contributed by atoms with E-state index in [2.05, 4.69) is 10.4 Å². The largest absolute Gasteiger partial charge is 0.348 e. The predicted molar refractivity (Wildman–Crippen MR) is 100 cm³/mol. The average Bonchev–Trinajstić information content (AvgIpc) is 3.14. The van der Waals surface area contributed by atoms with Gasteiger partial charge in [0.1, 0.15) is 5.52 Å². The molecule has 0 radical (unpaired) electrons. The van der Waals surface area contributed by atoms with Crippen LogP contribution in [-0.4, -0.2) is 20.1 Å². The molecule has 0 unspecified atom stereocenters. The second-order valence-corrected chi connectivity index (χ2v) is 6.37. The quantitative estimate of drug-likeness (QED) is 0.619. The normalized spacial score (nSPS) is 11.2. The number of aromatic nitrogens is 3. The number of hydrogen-bond acceptors (Lipinski definition) is 3. The van der Waals surface area contributed by atoms with Crippen LogP contribution in [0.15, 0.2) is 59.5 Å². The molecule has 0 saturated carbocycles. The van der Waals surface area contributed by atoms with Crippen molar-refractivity contribution in [3.8, 4) is 0 Å². The van der Waals surface area contributed by atoms with Crippen LogP contribution in [0, 0.1) is 6.92 Å². The van der Waals surface area contributed by atoms with Gasteiger partial charge < -0.3 is 9.88 Å². The first-order chi connectivity index (χ1) is 12.5. The van der Waals surface area contributed by atoms with Crippen LogP contribution < -0.4 is 10.9 Å². The van der Waals surface area contributed by atoms with Gasteiger partial charge >= 0.3 is 0 Å². The highest BCUT2D eigenvalue weighted by Crippen LogP contribution is 2.16. The molecule has 0 atom stereocenters. The fraction of sp³-hybridized carbons (Fsp3) is 0.150. The molecule has 0 aliphatic carbocycles. The van der Waals surface area contributed by atoms with Gasteiger partial charge in [0.2, 0.25) is 0 Å². The van der Waals surface area contributed by atoms with Gasteiger partial charge in [0.05, 0.1) is 17.2 Å². The number of rotatable bonds is 3. The summed E-state index contributed by atoms with van der Waals surface area (Å²) < 4.78 is 3.15. The second kappa shape index (κ2) is 6.15. The smallest absolute Gasteiger partial charge is 0.276 e. The lowest BCUT2D eigenvalue weighted by atomic mass is 10.1. The van der Waals surface area contributed by atoms with Crippen molar-refractivity contribution in [3.63, 3.8) is 0 Å². The molecule has 2 heterocycles. The van der Waals surface area contributed by atoms with Crippen molar-refractivity contribution in [1.29, 1.82) is 0 Å². The molecule has 1 amide bonds. The molecule has 4 rings (SSSR count). The fourth-order valence-electron chi connectivity index (χ4n) is 3.16. The molecule has 2 aromatic carbocycles. The van der Waals surface area contributed by atoms with Gasteiger partial charge in [0.25, 0.3) is 11.5 Å². The van der Waals surface area contributed by atoms with E-state index in [-0.39, 0.29) is 11.5 Å². The zero-order valence-corrected chi connectivity index (χ0v) is 14.6. The maximum atomic E-state index is 12.5. The van der Waals surface area contributed by atoms with Gasteiger partial charge in [-0.1, -0.05) is 29.8 Å². The molecule has 0 aliphatic heterocycles. The maximum absolute atomic E-state index is 12.5. The first-order valence-corrected chi connectivity index (χ1v) is 8.35. The summed E-state index contributed by atoms with van der Waals surface area (Å²) in [6.07, 6.45) is 1.60. The van der Waals surface area contributed by atoms with Gasteiger partial charge in [0, 0.05) is 19.2 Å². The first-order valence-electron chi connectivity index (χ1n) is 8.35. The van der Waals surface area contributed by atoms with E-state index in [1.54, 1.807) is 40.5 Å². The number of nitrogens with zero attached hydrogens (tertiary/aromatic N) is 3. The Hall–Kier alpha value is -3.41. The summed E-state index contributed by atoms with van der Waals surface area (Å²) in [5, 5.41) is 7.13. The molecule has 2 aromatic heterocycles. The topological polar surface area (TPSA) is 68.4 Å². The summed E-state index contributed by atoms with van der Waals surface area (Å²) in [5.74, 6) is -0.179. The lowest BCUT2D eigenvalue weighted by Crippen LogP contribution is -2.24. The molecule has 6 nitrogen and oxygen atoms in total. The van der Waals surface area contributed by atoms with Crippen LogP contribution in [0.25, 0.3) is 16.6 Å². The van der Waals surface area contributed by atoms with E-state index in [0.717, 1.165) is 16.6 Å². The van der Waals surface area contributed by atoms with E-state index >= 15 is 0 Å². The summed E-state index contributed by atoms with van der Waals surface area (Å²) in [6.45, 7) is 2.47. The monoisotopic (exact) mass is 346 g/mol. The Morgan fingerprint density at radius 2 is 1.92 bits per heavy atom. The van der Waals surface area contributed by atoms with Crippen molar-refractivity contribution in [1.82, 2.24) is 19.5 Å². The van der Waals surface area contributed by atoms with Gasteiger partial charge in [-0.05, 0) is 36.8 Å². The maximum Gasteiger partial charge on any atom is 0.276 e. The number of benzene rings is 2. The molecule has 0 aliphatic rings. The Labute approximate surface area is 149 Å². The third kappa shape index (κ3) is 2.65. The summed E-state index contributed by atoms with van der Waals surface area (Å²) in [7, 11) is 1.70. The zero-order chi connectivity index (χ0) is 18.3. The van der Waals surface area contributed by atoms with Gasteiger partial charge in [-0.2, -0.15) is 5.10 Å². The van der Waals surface area contributed by atoms with E-state index in [9.17, 15) is 9.59 Å². The van der Waals surface area contributed by atoms with Crippen LogP contribution in [0.1, 0.15) is 21.5 Å². The SMILES string of the molecule is Cc1cccc(CNC(=O)c2ccc3c(c2)n(C)c(=O)c2ccnn23)c1. The van der Waals surface area contributed by atoms with Crippen LogP contribution in [0.3, 0.4) is 0 Å². The number of nitrogens with one attached hydrogen (secondary N) is 1. The molecule has 0 bridgehead atoms. The van der Waals surface area contributed by atoms with Crippen LogP contribution in [-0.2, 0) is 13.6 Å². The standard InChI is InChI=1S/C20H18N4O2/c1-13-4-3-5-14(10-13)12-21-19(25)15-6-7-16-18(11-15)23(2)20(26)17-8-9-22-24(16)17/h3-11H,12H2,1-2H3,(H,21,25). The number of fused-ring (bicyclic) bond motifs is 3. The van der Waals surface area contributed by atoms with Gasteiger partial charge in [-0.15, -0.1) is 0 Å². The first kappa shape index (κ1) is 16.1. The number of carbonyl (C=O) groups is 1. The van der Waals surface area contributed by atoms with Gasteiger partial charge in [-0.3, -0.25) is 9.59 Å².